The molecule has 0 N–H and O–H groups in total. The number of hydrogen-bond acceptors (Lipinski definition) is 3. The maximum Gasteiger partial charge on any atom is 0.358 e. The van der Waals surface area contributed by atoms with E-state index in [1.165, 1.54) is 24.4 Å². The summed E-state index contributed by atoms with van der Waals surface area (Å²) in [6.07, 6.45) is 1.23. The second kappa shape index (κ2) is 4.15. The summed E-state index contributed by atoms with van der Waals surface area (Å²) in [5.74, 6) is -0.524. The van der Waals surface area contributed by atoms with Crippen LogP contribution in [0.3, 0.4) is 0 Å². The molecule has 1 aromatic heterocycles. The Bertz CT molecular complexity index is 600. The largest absolute Gasteiger partial charge is 0.358 e. The van der Waals surface area contributed by atoms with Crippen LogP contribution in [-0.4, -0.2) is 10.6 Å². The molecule has 4 nitrogen and oxygen atoms in total. The number of aromatic nitrogens is 1. The van der Waals surface area contributed by atoms with Crippen molar-refractivity contribution < 1.29 is 9.32 Å². The van der Waals surface area contributed by atoms with Gasteiger partial charge < -0.3 is 4.52 Å². The fourth-order valence-electron chi connectivity index (χ4n) is 1.18. The molecule has 0 saturated heterocycles. The van der Waals surface area contributed by atoms with Crippen molar-refractivity contribution in [2.75, 3.05) is 0 Å². The molecule has 0 unspecified atom stereocenters. The van der Waals surface area contributed by atoms with Crippen LogP contribution in [0.5, 0.6) is 0 Å². The van der Waals surface area contributed by atoms with E-state index in [1.54, 1.807) is 0 Å². The van der Waals surface area contributed by atoms with Crippen molar-refractivity contribution in [3.8, 4) is 0 Å². The summed E-state index contributed by atoms with van der Waals surface area (Å²) in [5, 5.41) is 0.629. The number of carbonyl (C=O) groups is 1. The first-order valence-corrected chi connectivity index (χ1v) is 5.02. The monoisotopic (exact) mass is 257 g/mol. The second-order valence-corrected chi connectivity index (χ2v) is 3.82. The van der Waals surface area contributed by atoms with Crippen molar-refractivity contribution in [2.24, 2.45) is 0 Å². The van der Waals surface area contributed by atoms with E-state index >= 15 is 0 Å². The lowest BCUT2D eigenvalue weighted by Crippen LogP contribution is -2.11. The fourth-order valence-corrected chi connectivity index (χ4v) is 1.67. The van der Waals surface area contributed by atoms with Crippen molar-refractivity contribution >= 4 is 29.1 Å². The van der Waals surface area contributed by atoms with Gasteiger partial charge in [0.2, 0.25) is 0 Å². The molecular weight excluding hydrogens is 253 g/mol. The Labute approximate surface area is 100.0 Å². The van der Waals surface area contributed by atoms with Gasteiger partial charge in [-0.15, -0.1) is 4.74 Å². The molecule has 82 valence electrons. The van der Waals surface area contributed by atoms with Crippen LogP contribution in [0.15, 0.2) is 39.8 Å². The van der Waals surface area contributed by atoms with Crippen molar-refractivity contribution in [2.45, 2.75) is 0 Å². The van der Waals surface area contributed by atoms with Gasteiger partial charge in [0, 0.05) is 11.1 Å². The minimum absolute atomic E-state index is 0.203. The van der Waals surface area contributed by atoms with Gasteiger partial charge in [0.05, 0.1) is 16.8 Å². The zero-order chi connectivity index (χ0) is 11.7. The predicted molar refractivity (Wildman–Crippen MR) is 59.2 cm³/mol. The van der Waals surface area contributed by atoms with Gasteiger partial charge in [-0.1, -0.05) is 23.2 Å². The molecule has 0 amide bonds. The second-order valence-electron chi connectivity index (χ2n) is 2.98. The molecular formula is C10H5Cl2NO3. The Morgan fingerprint density at radius 2 is 2.00 bits per heavy atom. The van der Waals surface area contributed by atoms with E-state index in [1.807, 2.05) is 0 Å². The van der Waals surface area contributed by atoms with Gasteiger partial charge in [-0.2, -0.15) is 0 Å². The molecule has 6 heteroatoms. The molecule has 2 aromatic rings. The van der Waals surface area contributed by atoms with Gasteiger partial charge in [0.15, 0.2) is 0 Å². The third kappa shape index (κ3) is 2.03. The highest BCUT2D eigenvalue weighted by Gasteiger charge is 2.14. The molecule has 1 heterocycles. The first-order chi connectivity index (χ1) is 7.58. The van der Waals surface area contributed by atoms with Crippen LogP contribution < -0.4 is 5.63 Å². The predicted octanol–water partition coefficient (Wildman–Crippen LogP) is 2.44. The Morgan fingerprint density at radius 3 is 2.56 bits per heavy atom. The Kier molecular flexibility index (Phi) is 2.85. The van der Waals surface area contributed by atoms with E-state index in [-0.39, 0.29) is 10.6 Å². The summed E-state index contributed by atoms with van der Waals surface area (Å²) in [6, 6.07) is 5.58. The summed E-state index contributed by atoms with van der Waals surface area (Å²) in [5.41, 5.74) is -0.385. The molecule has 0 aliphatic heterocycles. The number of nitrogens with zero attached hydrogens (tertiary/aromatic N) is 1. The summed E-state index contributed by atoms with van der Waals surface area (Å²) in [7, 11) is 0. The average molecular weight is 258 g/mol. The summed E-state index contributed by atoms with van der Waals surface area (Å²) in [6.45, 7) is 0. The Morgan fingerprint density at radius 1 is 1.25 bits per heavy atom. The standard InChI is InChI=1S/C10H5Cl2NO3/c11-6-1-2-7(8(12)5-6)10(15)13-4-3-9(14)16-13/h1-5H. The van der Waals surface area contributed by atoms with Crippen molar-refractivity contribution in [3.63, 3.8) is 0 Å². The highest BCUT2D eigenvalue weighted by atomic mass is 35.5. The molecule has 0 aliphatic carbocycles. The molecule has 1 aromatic carbocycles. The first kappa shape index (κ1) is 11.0. The highest BCUT2D eigenvalue weighted by molar-refractivity contribution is 6.36. The first-order valence-electron chi connectivity index (χ1n) is 4.26. The molecule has 0 atom stereocenters. The highest BCUT2D eigenvalue weighted by Crippen LogP contribution is 2.21. The lowest BCUT2D eigenvalue weighted by Gasteiger charge is -2.02. The van der Waals surface area contributed by atoms with Crippen molar-refractivity contribution in [3.05, 3.63) is 56.5 Å². The molecule has 0 saturated carbocycles. The van der Waals surface area contributed by atoms with Gasteiger partial charge in [-0.3, -0.25) is 4.79 Å². The maximum absolute atomic E-state index is 11.8. The lowest BCUT2D eigenvalue weighted by molar-refractivity contribution is 0.0839. The van der Waals surface area contributed by atoms with E-state index in [2.05, 4.69) is 4.52 Å². The Hall–Kier alpha value is -1.52. The number of benzene rings is 1. The quantitative estimate of drug-likeness (QED) is 0.789. The summed E-state index contributed by atoms with van der Waals surface area (Å²) in [4.78, 5) is 22.6. The van der Waals surface area contributed by atoms with Gasteiger partial charge in [-0.05, 0) is 18.2 Å². The molecule has 0 spiro atoms. The van der Waals surface area contributed by atoms with Crippen LogP contribution >= 0.6 is 23.2 Å². The van der Waals surface area contributed by atoms with Gasteiger partial charge >= 0.3 is 5.63 Å². The van der Waals surface area contributed by atoms with Gasteiger partial charge in [0.25, 0.3) is 5.91 Å². The zero-order valence-electron chi connectivity index (χ0n) is 7.81. The van der Waals surface area contributed by atoms with Crippen LogP contribution in [0.4, 0.5) is 0 Å². The molecule has 2 rings (SSSR count). The molecule has 0 aliphatic rings. The number of halogens is 2. The van der Waals surface area contributed by atoms with Crippen LogP contribution in [0, 0.1) is 0 Å². The van der Waals surface area contributed by atoms with E-state index in [9.17, 15) is 9.59 Å². The third-order valence-electron chi connectivity index (χ3n) is 1.90. The van der Waals surface area contributed by atoms with Crippen LogP contribution in [0.25, 0.3) is 0 Å². The van der Waals surface area contributed by atoms with Gasteiger partial charge in [0.1, 0.15) is 0 Å². The van der Waals surface area contributed by atoms with Crippen molar-refractivity contribution in [1.29, 1.82) is 0 Å². The smallest absolute Gasteiger partial charge is 0.329 e. The third-order valence-corrected chi connectivity index (χ3v) is 2.44. The summed E-state index contributed by atoms with van der Waals surface area (Å²) >= 11 is 11.5. The molecule has 0 radical (unpaired) electrons. The zero-order valence-corrected chi connectivity index (χ0v) is 9.33. The Balaban J connectivity index is 2.45. The van der Waals surface area contributed by atoms with E-state index in [0.29, 0.717) is 5.02 Å². The van der Waals surface area contributed by atoms with E-state index in [4.69, 9.17) is 23.2 Å². The average Bonchev–Trinajstić information content (AvgIpc) is 2.64. The topological polar surface area (TPSA) is 52.2 Å². The molecule has 0 fully saturated rings. The van der Waals surface area contributed by atoms with Crippen LogP contribution in [0.1, 0.15) is 10.4 Å². The normalized spacial score (nSPS) is 10.4. The SMILES string of the molecule is O=C(c1ccc(Cl)cc1Cl)n1ccc(=O)o1. The van der Waals surface area contributed by atoms with E-state index < -0.39 is 11.5 Å². The number of rotatable bonds is 1. The number of hydrogen-bond donors (Lipinski definition) is 0. The molecule has 16 heavy (non-hydrogen) atoms. The maximum atomic E-state index is 11.8. The number of carbonyl (C=O) groups excluding carboxylic acids is 1. The van der Waals surface area contributed by atoms with Crippen molar-refractivity contribution in [1.82, 2.24) is 4.74 Å². The van der Waals surface area contributed by atoms with Crippen LogP contribution in [-0.2, 0) is 0 Å². The van der Waals surface area contributed by atoms with Crippen LogP contribution in [0.2, 0.25) is 10.0 Å². The minimum Gasteiger partial charge on any atom is -0.329 e. The van der Waals surface area contributed by atoms with Gasteiger partial charge in [-0.25, -0.2) is 4.79 Å². The lowest BCUT2D eigenvalue weighted by atomic mass is 10.2. The summed E-state index contributed by atoms with van der Waals surface area (Å²) < 4.78 is 5.42. The molecule has 0 bridgehead atoms. The minimum atomic E-state index is -0.599. The fraction of sp³-hybridized carbons (Fsp3) is 0. The van der Waals surface area contributed by atoms with E-state index in [0.717, 1.165) is 10.8 Å².